The van der Waals surface area contributed by atoms with Gasteiger partial charge in [0.1, 0.15) is 0 Å². The number of benzene rings is 1. The maximum absolute atomic E-state index is 5.43. The van der Waals surface area contributed by atoms with Crippen LogP contribution in [0.3, 0.4) is 0 Å². The minimum atomic E-state index is 0. The first-order valence-corrected chi connectivity index (χ1v) is 4.59. The largest absolute Gasteiger partial charge is 0.330 e. The summed E-state index contributed by atoms with van der Waals surface area (Å²) in [5.74, 6) is 0. The average Bonchev–Trinajstić information content (AvgIpc) is 2.09. The standard InChI is InChI=1S/C11H17N.ClH/c1-10-6-2-3-7-11(10)8-4-5-9-12;/h2-3,6-7H,4-5,8-9,12H2,1H3;1H. The van der Waals surface area contributed by atoms with E-state index in [4.69, 9.17) is 5.73 Å². The molecule has 1 aromatic rings. The summed E-state index contributed by atoms with van der Waals surface area (Å²) in [4.78, 5) is 0. The van der Waals surface area contributed by atoms with E-state index in [1.54, 1.807) is 0 Å². The Morgan fingerprint density at radius 1 is 1.15 bits per heavy atom. The molecule has 0 radical (unpaired) electrons. The van der Waals surface area contributed by atoms with Crippen molar-refractivity contribution in [3.05, 3.63) is 35.4 Å². The molecule has 0 aliphatic rings. The molecule has 0 unspecified atom stereocenters. The Morgan fingerprint density at radius 2 is 1.85 bits per heavy atom. The highest BCUT2D eigenvalue weighted by molar-refractivity contribution is 5.85. The Bertz CT molecular complexity index is 235. The van der Waals surface area contributed by atoms with Crippen molar-refractivity contribution in [2.45, 2.75) is 26.2 Å². The predicted octanol–water partition coefficient (Wildman–Crippen LogP) is 2.70. The van der Waals surface area contributed by atoms with Gasteiger partial charge in [0.05, 0.1) is 0 Å². The maximum atomic E-state index is 5.43. The molecular weight excluding hydrogens is 182 g/mol. The Kier molecular flexibility index (Phi) is 6.65. The van der Waals surface area contributed by atoms with Gasteiger partial charge in [-0.25, -0.2) is 0 Å². The van der Waals surface area contributed by atoms with Crippen LogP contribution in [0.5, 0.6) is 0 Å². The summed E-state index contributed by atoms with van der Waals surface area (Å²) >= 11 is 0. The molecule has 0 aliphatic heterocycles. The van der Waals surface area contributed by atoms with Crippen molar-refractivity contribution in [2.75, 3.05) is 6.54 Å². The van der Waals surface area contributed by atoms with Gasteiger partial charge in [-0.3, -0.25) is 0 Å². The molecule has 13 heavy (non-hydrogen) atoms. The predicted molar refractivity (Wildman–Crippen MR) is 60.4 cm³/mol. The topological polar surface area (TPSA) is 26.0 Å². The van der Waals surface area contributed by atoms with E-state index < -0.39 is 0 Å². The second-order valence-electron chi connectivity index (χ2n) is 3.17. The molecule has 0 bridgehead atoms. The first kappa shape index (κ1) is 12.5. The van der Waals surface area contributed by atoms with E-state index in [0.29, 0.717) is 0 Å². The van der Waals surface area contributed by atoms with Gasteiger partial charge in [0.25, 0.3) is 0 Å². The first-order valence-electron chi connectivity index (χ1n) is 4.59. The molecule has 0 atom stereocenters. The van der Waals surface area contributed by atoms with Crippen molar-refractivity contribution < 1.29 is 0 Å². The van der Waals surface area contributed by atoms with Gasteiger partial charge in [-0.1, -0.05) is 24.3 Å². The molecule has 1 aromatic carbocycles. The average molecular weight is 200 g/mol. The molecule has 0 aromatic heterocycles. The minimum Gasteiger partial charge on any atom is -0.330 e. The third-order valence-corrected chi connectivity index (χ3v) is 2.16. The Balaban J connectivity index is 0.00000144. The van der Waals surface area contributed by atoms with Crippen LogP contribution in [0.4, 0.5) is 0 Å². The van der Waals surface area contributed by atoms with E-state index in [-0.39, 0.29) is 12.4 Å². The highest BCUT2D eigenvalue weighted by Gasteiger charge is 1.95. The highest BCUT2D eigenvalue weighted by atomic mass is 35.5. The molecule has 0 fully saturated rings. The van der Waals surface area contributed by atoms with E-state index in [1.807, 2.05) is 0 Å². The zero-order valence-corrected chi connectivity index (χ0v) is 8.94. The summed E-state index contributed by atoms with van der Waals surface area (Å²) < 4.78 is 0. The van der Waals surface area contributed by atoms with Gasteiger partial charge in [0.2, 0.25) is 0 Å². The van der Waals surface area contributed by atoms with E-state index >= 15 is 0 Å². The molecule has 0 amide bonds. The SMILES string of the molecule is Cc1ccccc1CCCCN.Cl. The Morgan fingerprint density at radius 3 is 2.46 bits per heavy atom. The number of rotatable bonds is 4. The van der Waals surface area contributed by atoms with Crippen molar-refractivity contribution in [3.8, 4) is 0 Å². The second kappa shape index (κ2) is 6.93. The van der Waals surface area contributed by atoms with Crippen LogP contribution < -0.4 is 5.73 Å². The molecule has 0 aliphatic carbocycles. The van der Waals surface area contributed by atoms with Gasteiger partial charge < -0.3 is 5.73 Å². The lowest BCUT2D eigenvalue weighted by Crippen LogP contribution is -1.99. The van der Waals surface area contributed by atoms with Gasteiger partial charge in [0, 0.05) is 0 Å². The van der Waals surface area contributed by atoms with Gasteiger partial charge in [-0.15, -0.1) is 12.4 Å². The van der Waals surface area contributed by atoms with Crippen LogP contribution in [0.2, 0.25) is 0 Å². The lowest BCUT2D eigenvalue weighted by molar-refractivity contribution is 0.742. The van der Waals surface area contributed by atoms with Crippen molar-refractivity contribution >= 4 is 12.4 Å². The molecule has 0 saturated heterocycles. The van der Waals surface area contributed by atoms with Gasteiger partial charge in [-0.2, -0.15) is 0 Å². The van der Waals surface area contributed by atoms with Gasteiger partial charge in [0.15, 0.2) is 0 Å². The number of halogens is 1. The number of nitrogens with two attached hydrogens (primary N) is 1. The lowest BCUT2D eigenvalue weighted by atomic mass is 10.0. The van der Waals surface area contributed by atoms with Crippen LogP contribution in [0.25, 0.3) is 0 Å². The van der Waals surface area contributed by atoms with E-state index in [9.17, 15) is 0 Å². The molecule has 1 nitrogen and oxygen atoms in total. The van der Waals surface area contributed by atoms with Crippen molar-refractivity contribution in [2.24, 2.45) is 5.73 Å². The fourth-order valence-electron chi connectivity index (χ4n) is 1.35. The second-order valence-corrected chi connectivity index (χ2v) is 3.17. The van der Waals surface area contributed by atoms with Crippen LogP contribution in [0, 0.1) is 6.92 Å². The third-order valence-electron chi connectivity index (χ3n) is 2.16. The molecule has 1 rings (SSSR count). The highest BCUT2D eigenvalue weighted by Crippen LogP contribution is 2.09. The number of unbranched alkanes of at least 4 members (excludes halogenated alkanes) is 1. The molecule has 2 N–H and O–H groups in total. The molecule has 74 valence electrons. The molecule has 0 heterocycles. The smallest absolute Gasteiger partial charge is 0.00772 e. The van der Waals surface area contributed by atoms with Crippen molar-refractivity contribution in [1.29, 1.82) is 0 Å². The van der Waals surface area contributed by atoms with Crippen LogP contribution in [-0.4, -0.2) is 6.54 Å². The Hall–Kier alpha value is -0.530. The van der Waals surface area contributed by atoms with Crippen molar-refractivity contribution in [3.63, 3.8) is 0 Å². The fraction of sp³-hybridized carbons (Fsp3) is 0.455. The first-order chi connectivity index (χ1) is 5.84. The fourth-order valence-corrected chi connectivity index (χ4v) is 1.35. The number of hydrogen-bond acceptors (Lipinski definition) is 1. The maximum Gasteiger partial charge on any atom is -0.00772 e. The summed E-state index contributed by atoms with van der Waals surface area (Å²) in [5.41, 5.74) is 8.29. The summed E-state index contributed by atoms with van der Waals surface area (Å²) in [6, 6.07) is 8.55. The monoisotopic (exact) mass is 199 g/mol. The zero-order valence-electron chi connectivity index (χ0n) is 8.12. The number of aryl methyl sites for hydroxylation is 2. The van der Waals surface area contributed by atoms with Gasteiger partial charge in [-0.05, 0) is 43.9 Å². The summed E-state index contributed by atoms with van der Waals surface area (Å²) in [5, 5.41) is 0. The normalized spacial score (nSPS) is 9.38. The summed E-state index contributed by atoms with van der Waals surface area (Å²) in [6.07, 6.45) is 3.51. The summed E-state index contributed by atoms with van der Waals surface area (Å²) in [6.45, 7) is 2.98. The quantitative estimate of drug-likeness (QED) is 0.742. The lowest BCUT2D eigenvalue weighted by Gasteiger charge is -2.03. The molecular formula is C11H18ClN. The zero-order chi connectivity index (χ0) is 8.81. The third kappa shape index (κ3) is 4.30. The Labute approximate surface area is 86.7 Å². The minimum absolute atomic E-state index is 0. The van der Waals surface area contributed by atoms with Crippen LogP contribution in [0.15, 0.2) is 24.3 Å². The number of hydrogen-bond donors (Lipinski definition) is 1. The van der Waals surface area contributed by atoms with Crippen molar-refractivity contribution in [1.82, 2.24) is 0 Å². The van der Waals surface area contributed by atoms with Crippen LogP contribution in [0.1, 0.15) is 24.0 Å². The summed E-state index contributed by atoms with van der Waals surface area (Å²) in [7, 11) is 0. The van der Waals surface area contributed by atoms with Crippen LogP contribution in [-0.2, 0) is 6.42 Å². The van der Waals surface area contributed by atoms with E-state index in [1.165, 1.54) is 24.0 Å². The van der Waals surface area contributed by atoms with Crippen LogP contribution >= 0.6 is 12.4 Å². The van der Waals surface area contributed by atoms with E-state index in [2.05, 4.69) is 31.2 Å². The molecule has 2 heteroatoms. The van der Waals surface area contributed by atoms with Gasteiger partial charge >= 0.3 is 0 Å². The molecule has 0 saturated carbocycles. The molecule has 0 spiro atoms. The van der Waals surface area contributed by atoms with E-state index in [0.717, 1.165) is 13.0 Å².